The fraction of sp³-hybridized carbons (Fsp3) is 0.250. The Morgan fingerprint density at radius 3 is 2.63 bits per heavy atom. The van der Waals surface area contributed by atoms with Gasteiger partial charge in [0.2, 0.25) is 0 Å². The molecule has 1 unspecified atom stereocenters. The summed E-state index contributed by atoms with van der Waals surface area (Å²) in [6.45, 7) is 1.68. The lowest BCUT2D eigenvalue weighted by atomic mass is 9.94. The minimum atomic E-state index is -3.44. The van der Waals surface area contributed by atoms with Gasteiger partial charge in [-0.1, -0.05) is 11.6 Å². The molecule has 0 saturated carbocycles. The second kappa shape index (κ2) is 10.5. The standard InChI is InChI=1S/C24H24ClN5O4S/c1-35(33,34)18-5-6-19(16(12-18)11-15-8-10-26-13-15)23(31)29-20-3-2-9-27-22(20)24(32)30-21-7-4-17(25)14-28-21/h2-7,9,12,14-15,26H,8,10-11,13H2,1H3,(H,29,31)(H,28,30,32). The van der Waals surface area contributed by atoms with Crippen molar-refractivity contribution < 1.29 is 18.0 Å². The van der Waals surface area contributed by atoms with Gasteiger partial charge in [0, 0.05) is 24.2 Å². The summed E-state index contributed by atoms with van der Waals surface area (Å²) < 4.78 is 24.2. The first kappa shape index (κ1) is 24.8. The lowest BCUT2D eigenvalue weighted by Gasteiger charge is -2.16. The first-order valence-corrected chi connectivity index (χ1v) is 13.2. The highest BCUT2D eigenvalue weighted by atomic mass is 35.5. The van der Waals surface area contributed by atoms with E-state index in [-0.39, 0.29) is 22.1 Å². The van der Waals surface area contributed by atoms with Crippen molar-refractivity contribution in [1.29, 1.82) is 0 Å². The summed E-state index contributed by atoms with van der Waals surface area (Å²) in [6, 6.07) is 10.8. The quantitative estimate of drug-likeness (QED) is 0.442. The Kier molecular flexibility index (Phi) is 7.44. The van der Waals surface area contributed by atoms with Gasteiger partial charge in [-0.2, -0.15) is 0 Å². The van der Waals surface area contributed by atoms with Crippen molar-refractivity contribution >= 4 is 44.8 Å². The van der Waals surface area contributed by atoms with E-state index in [1.54, 1.807) is 30.3 Å². The van der Waals surface area contributed by atoms with Crippen LogP contribution in [0.4, 0.5) is 11.5 Å². The van der Waals surface area contributed by atoms with E-state index in [9.17, 15) is 18.0 Å². The van der Waals surface area contributed by atoms with Crippen molar-refractivity contribution in [3.05, 3.63) is 76.7 Å². The molecule has 3 aromatic rings. The molecule has 3 heterocycles. The maximum atomic E-state index is 13.3. The zero-order chi connectivity index (χ0) is 25.0. The average Bonchev–Trinajstić information content (AvgIpc) is 3.33. The number of carbonyl (C=O) groups excluding carboxylic acids is 2. The molecule has 1 atom stereocenters. The van der Waals surface area contributed by atoms with E-state index in [2.05, 4.69) is 25.9 Å². The fourth-order valence-corrected chi connectivity index (χ4v) is 4.68. The molecule has 0 radical (unpaired) electrons. The largest absolute Gasteiger partial charge is 0.320 e. The molecule has 1 aliphatic rings. The van der Waals surface area contributed by atoms with Crippen LogP contribution in [0.5, 0.6) is 0 Å². The molecule has 1 fully saturated rings. The van der Waals surface area contributed by atoms with Gasteiger partial charge in [-0.3, -0.25) is 9.59 Å². The van der Waals surface area contributed by atoms with E-state index in [0.29, 0.717) is 28.5 Å². The highest BCUT2D eigenvalue weighted by Crippen LogP contribution is 2.24. The Labute approximate surface area is 208 Å². The number of amides is 2. The van der Waals surface area contributed by atoms with Gasteiger partial charge < -0.3 is 16.0 Å². The smallest absolute Gasteiger partial charge is 0.277 e. The molecule has 2 aromatic heterocycles. The predicted molar refractivity (Wildman–Crippen MR) is 134 cm³/mol. The minimum absolute atomic E-state index is 0.00639. The molecule has 182 valence electrons. The molecule has 0 spiro atoms. The zero-order valence-corrected chi connectivity index (χ0v) is 20.5. The Morgan fingerprint density at radius 2 is 1.94 bits per heavy atom. The number of nitrogens with zero attached hydrogens (tertiary/aromatic N) is 2. The molecule has 35 heavy (non-hydrogen) atoms. The van der Waals surface area contributed by atoms with Crippen molar-refractivity contribution in [2.75, 3.05) is 30.0 Å². The second-order valence-electron chi connectivity index (χ2n) is 8.32. The van der Waals surface area contributed by atoms with Gasteiger partial charge in [0.05, 0.1) is 15.6 Å². The van der Waals surface area contributed by atoms with E-state index < -0.39 is 21.7 Å². The molecule has 9 nitrogen and oxygen atoms in total. The lowest BCUT2D eigenvalue weighted by molar-refractivity contribution is 0.102. The molecule has 11 heteroatoms. The van der Waals surface area contributed by atoms with Gasteiger partial charge in [0.15, 0.2) is 15.5 Å². The molecule has 1 aromatic carbocycles. The third-order valence-electron chi connectivity index (χ3n) is 5.66. The number of rotatable bonds is 7. The van der Waals surface area contributed by atoms with Crippen LogP contribution < -0.4 is 16.0 Å². The number of halogens is 1. The summed E-state index contributed by atoms with van der Waals surface area (Å²) in [5, 5.41) is 9.10. The number of anilines is 2. The van der Waals surface area contributed by atoms with Crippen molar-refractivity contribution in [2.45, 2.75) is 17.7 Å². The average molecular weight is 514 g/mol. The number of aromatic nitrogens is 2. The molecule has 0 bridgehead atoms. The van der Waals surface area contributed by atoms with Gasteiger partial charge in [-0.05, 0) is 79.9 Å². The number of sulfone groups is 1. The van der Waals surface area contributed by atoms with Gasteiger partial charge in [0.1, 0.15) is 5.82 Å². The Hall–Kier alpha value is -3.34. The SMILES string of the molecule is CS(=O)(=O)c1ccc(C(=O)Nc2cccnc2C(=O)Nc2ccc(Cl)cn2)c(CC2CCNC2)c1. The van der Waals surface area contributed by atoms with Crippen molar-refractivity contribution in [3.8, 4) is 0 Å². The first-order chi connectivity index (χ1) is 16.7. The minimum Gasteiger partial charge on any atom is -0.320 e. The van der Waals surface area contributed by atoms with Crippen LogP contribution in [0, 0.1) is 5.92 Å². The van der Waals surface area contributed by atoms with E-state index in [0.717, 1.165) is 25.8 Å². The zero-order valence-electron chi connectivity index (χ0n) is 18.9. The molecule has 2 amide bonds. The summed E-state index contributed by atoms with van der Waals surface area (Å²) in [5.74, 6) is -0.438. The first-order valence-electron chi connectivity index (χ1n) is 10.9. The third kappa shape index (κ3) is 6.21. The maximum Gasteiger partial charge on any atom is 0.277 e. The van der Waals surface area contributed by atoms with E-state index >= 15 is 0 Å². The van der Waals surface area contributed by atoms with Crippen LogP contribution in [0.25, 0.3) is 0 Å². The maximum absolute atomic E-state index is 13.3. The topological polar surface area (TPSA) is 130 Å². The molecule has 4 rings (SSSR count). The van der Waals surface area contributed by atoms with E-state index in [1.165, 1.54) is 24.5 Å². The molecule has 0 aliphatic carbocycles. The van der Waals surface area contributed by atoms with Crippen LogP contribution in [0.3, 0.4) is 0 Å². The molecular formula is C24H24ClN5O4S. The van der Waals surface area contributed by atoms with Crippen molar-refractivity contribution in [1.82, 2.24) is 15.3 Å². The number of nitrogens with one attached hydrogen (secondary N) is 3. The number of pyridine rings is 2. The Morgan fingerprint density at radius 1 is 1.11 bits per heavy atom. The number of benzene rings is 1. The Bertz CT molecular complexity index is 1360. The lowest BCUT2D eigenvalue weighted by Crippen LogP contribution is -2.21. The van der Waals surface area contributed by atoms with Gasteiger partial charge in [-0.25, -0.2) is 18.4 Å². The van der Waals surface area contributed by atoms with Gasteiger partial charge >= 0.3 is 0 Å². The van der Waals surface area contributed by atoms with Crippen molar-refractivity contribution in [2.24, 2.45) is 5.92 Å². The second-order valence-corrected chi connectivity index (χ2v) is 10.8. The summed E-state index contributed by atoms with van der Waals surface area (Å²) >= 11 is 5.83. The van der Waals surface area contributed by atoms with Crippen LogP contribution in [0.15, 0.2) is 59.8 Å². The van der Waals surface area contributed by atoms with Crippen LogP contribution in [0.2, 0.25) is 5.02 Å². The summed E-state index contributed by atoms with van der Waals surface area (Å²) in [4.78, 5) is 34.4. The number of hydrogen-bond acceptors (Lipinski definition) is 7. The highest BCUT2D eigenvalue weighted by Gasteiger charge is 2.22. The highest BCUT2D eigenvalue weighted by molar-refractivity contribution is 7.90. The fourth-order valence-electron chi connectivity index (χ4n) is 3.89. The monoisotopic (exact) mass is 513 g/mol. The van der Waals surface area contributed by atoms with Crippen molar-refractivity contribution in [3.63, 3.8) is 0 Å². The molecule has 1 aliphatic heterocycles. The summed E-state index contributed by atoms with van der Waals surface area (Å²) in [7, 11) is -3.44. The summed E-state index contributed by atoms with van der Waals surface area (Å²) in [5.41, 5.74) is 1.20. The molecule has 1 saturated heterocycles. The third-order valence-corrected chi connectivity index (χ3v) is 6.99. The van der Waals surface area contributed by atoms with Crippen LogP contribution in [-0.4, -0.2) is 49.5 Å². The van der Waals surface area contributed by atoms with Gasteiger partial charge in [0.25, 0.3) is 11.8 Å². The molecule has 3 N–H and O–H groups in total. The van der Waals surface area contributed by atoms with Crippen LogP contribution in [-0.2, 0) is 16.3 Å². The summed E-state index contributed by atoms with van der Waals surface area (Å²) in [6.07, 6.45) is 5.48. The number of hydrogen-bond donors (Lipinski definition) is 3. The number of carbonyl (C=O) groups is 2. The van der Waals surface area contributed by atoms with Crippen LogP contribution in [0.1, 0.15) is 32.8 Å². The normalized spacial score (nSPS) is 15.5. The Balaban J connectivity index is 1.60. The molecular weight excluding hydrogens is 490 g/mol. The van der Waals surface area contributed by atoms with E-state index in [4.69, 9.17) is 11.6 Å². The van der Waals surface area contributed by atoms with Gasteiger partial charge in [-0.15, -0.1) is 0 Å². The predicted octanol–water partition coefficient (Wildman–Crippen LogP) is 3.19. The van der Waals surface area contributed by atoms with Crippen LogP contribution >= 0.6 is 11.6 Å². The van der Waals surface area contributed by atoms with E-state index in [1.807, 2.05) is 0 Å².